The summed E-state index contributed by atoms with van der Waals surface area (Å²) in [5.41, 5.74) is 1.06. The van der Waals surface area contributed by atoms with Gasteiger partial charge in [0.1, 0.15) is 0 Å². The van der Waals surface area contributed by atoms with Crippen molar-refractivity contribution in [2.45, 2.75) is 0 Å². The lowest BCUT2D eigenvalue weighted by Crippen LogP contribution is -1.63. The van der Waals surface area contributed by atoms with Gasteiger partial charge in [-0.3, -0.25) is 0 Å². The first kappa shape index (κ1) is 4.53. The van der Waals surface area contributed by atoms with Crippen molar-refractivity contribution in [1.82, 2.24) is 4.98 Å². The van der Waals surface area contributed by atoms with E-state index in [1.54, 1.807) is 5.37 Å². The molecule has 0 aliphatic heterocycles. The van der Waals surface area contributed by atoms with Gasteiger partial charge < -0.3 is 4.98 Å². The number of nitrogens with one attached hydrogen (secondary N) is 1. The zero-order valence-electron chi connectivity index (χ0n) is 3.72. The number of H-pyrrole nitrogens is 1. The third-order valence-corrected chi connectivity index (χ3v) is 1.03. The van der Waals surface area contributed by atoms with E-state index in [9.17, 15) is 0 Å². The molecule has 0 saturated carbocycles. The van der Waals surface area contributed by atoms with Crippen molar-refractivity contribution in [3.05, 3.63) is 24.0 Å². The normalized spacial score (nSPS) is 8.57. The van der Waals surface area contributed by atoms with E-state index >= 15 is 0 Å². The highest BCUT2D eigenvalue weighted by Crippen LogP contribution is 1.89. The minimum absolute atomic E-state index is 1.06. The molecule has 0 radical (unpaired) electrons. The van der Waals surface area contributed by atoms with Crippen LogP contribution in [0.4, 0.5) is 0 Å². The van der Waals surface area contributed by atoms with Crippen molar-refractivity contribution in [3.63, 3.8) is 0 Å². The highest BCUT2D eigenvalue weighted by atomic mass is 32.1. The smallest absolute Gasteiger partial charge is 0.0101 e. The van der Waals surface area contributed by atoms with Crippen LogP contribution in [0.25, 0.3) is 0 Å². The van der Waals surface area contributed by atoms with E-state index in [0.29, 0.717) is 0 Å². The predicted molar refractivity (Wildman–Crippen MR) is 33.5 cm³/mol. The first-order valence-corrected chi connectivity index (χ1v) is 2.48. The standard InChI is InChI=1S/C5H5NS/c7-4-5-1-2-6-3-5/h1-4,6H. The van der Waals surface area contributed by atoms with Crippen LogP contribution in [0.1, 0.15) is 5.56 Å². The van der Waals surface area contributed by atoms with E-state index in [1.807, 2.05) is 18.5 Å². The molecule has 0 aliphatic rings. The monoisotopic (exact) mass is 111 g/mol. The maximum absolute atomic E-state index is 4.63. The van der Waals surface area contributed by atoms with Gasteiger partial charge >= 0.3 is 0 Å². The number of aromatic amines is 1. The van der Waals surface area contributed by atoms with Crippen molar-refractivity contribution < 1.29 is 0 Å². The summed E-state index contributed by atoms with van der Waals surface area (Å²) in [6.07, 6.45) is 3.70. The Bertz CT molecular complexity index is 143. The largest absolute Gasteiger partial charge is 0.367 e. The van der Waals surface area contributed by atoms with Crippen LogP contribution in [-0.2, 0) is 0 Å². The topological polar surface area (TPSA) is 15.8 Å². The molecule has 2 heteroatoms. The van der Waals surface area contributed by atoms with Crippen LogP contribution >= 0.6 is 12.2 Å². The first-order chi connectivity index (χ1) is 3.43. The average Bonchev–Trinajstić information content (AvgIpc) is 2.14. The fourth-order valence-corrected chi connectivity index (χ4v) is 0.557. The van der Waals surface area contributed by atoms with Gasteiger partial charge in [-0.25, -0.2) is 0 Å². The summed E-state index contributed by atoms with van der Waals surface area (Å²) in [5, 5.41) is 1.64. The molecular weight excluding hydrogens is 106 g/mol. The van der Waals surface area contributed by atoms with E-state index in [0.717, 1.165) is 5.56 Å². The molecule has 0 fully saturated rings. The van der Waals surface area contributed by atoms with Gasteiger partial charge in [0.25, 0.3) is 0 Å². The molecule has 1 rings (SSSR count). The average molecular weight is 111 g/mol. The number of thiocarbonyl (C=S) groups is 1. The van der Waals surface area contributed by atoms with Crippen LogP contribution in [0.3, 0.4) is 0 Å². The number of hydrogen-bond acceptors (Lipinski definition) is 1. The molecule has 0 unspecified atom stereocenters. The second-order valence-corrected chi connectivity index (χ2v) is 1.50. The lowest BCUT2D eigenvalue weighted by atomic mass is 10.4. The minimum atomic E-state index is 1.06. The molecular formula is C5H5NS. The van der Waals surface area contributed by atoms with Crippen LogP contribution < -0.4 is 0 Å². The molecule has 0 spiro atoms. The summed E-state index contributed by atoms with van der Waals surface area (Å²) in [7, 11) is 0. The summed E-state index contributed by atoms with van der Waals surface area (Å²) >= 11 is 4.63. The molecule has 7 heavy (non-hydrogen) atoms. The third-order valence-electron chi connectivity index (χ3n) is 0.758. The highest BCUT2D eigenvalue weighted by molar-refractivity contribution is 7.79. The van der Waals surface area contributed by atoms with E-state index in [1.165, 1.54) is 0 Å². The first-order valence-electron chi connectivity index (χ1n) is 2.01. The van der Waals surface area contributed by atoms with Crippen LogP contribution in [0, 0.1) is 0 Å². The molecule has 0 aliphatic carbocycles. The van der Waals surface area contributed by atoms with Gasteiger partial charge in [0.2, 0.25) is 0 Å². The maximum Gasteiger partial charge on any atom is 0.0101 e. The maximum atomic E-state index is 4.63. The molecule has 1 heterocycles. The molecule has 1 N–H and O–H groups in total. The van der Waals surface area contributed by atoms with Gasteiger partial charge in [-0.1, -0.05) is 12.2 Å². The molecule has 0 aromatic carbocycles. The van der Waals surface area contributed by atoms with Crippen molar-refractivity contribution in [2.75, 3.05) is 0 Å². The van der Waals surface area contributed by atoms with E-state index in [-0.39, 0.29) is 0 Å². The Morgan fingerprint density at radius 2 is 2.57 bits per heavy atom. The third kappa shape index (κ3) is 0.871. The Morgan fingerprint density at radius 3 is 2.86 bits per heavy atom. The Hall–Kier alpha value is -0.630. The Balaban J connectivity index is 2.96. The van der Waals surface area contributed by atoms with E-state index in [2.05, 4.69) is 17.2 Å². The second-order valence-electron chi connectivity index (χ2n) is 1.26. The lowest BCUT2D eigenvalue weighted by Gasteiger charge is -1.69. The highest BCUT2D eigenvalue weighted by Gasteiger charge is 1.78. The van der Waals surface area contributed by atoms with Gasteiger partial charge in [0, 0.05) is 23.3 Å². The van der Waals surface area contributed by atoms with Gasteiger partial charge in [-0.2, -0.15) is 0 Å². The molecule has 36 valence electrons. The van der Waals surface area contributed by atoms with Crippen molar-refractivity contribution in [2.24, 2.45) is 0 Å². The van der Waals surface area contributed by atoms with Crippen LogP contribution in [0.15, 0.2) is 18.5 Å². The summed E-state index contributed by atoms with van der Waals surface area (Å²) < 4.78 is 0. The SMILES string of the molecule is S=Cc1cc[nH]c1. The molecule has 0 bridgehead atoms. The quantitative estimate of drug-likeness (QED) is 0.541. The lowest BCUT2D eigenvalue weighted by molar-refractivity contribution is 1.41. The molecule has 1 aromatic rings. The molecule has 0 atom stereocenters. The predicted octanol–water partition coefficient (Wildman–Crippen LogP) is 1.36. The zero-order valence-corrected chi connectivity index (χ0v) is 4.53. The molecule has 0 saturated heterocycles. The molecule has 1 nitrogen and oxygen atoms in total. The summed E-state index contributed by atoms with van der Waals surface area (Å²) in [4.78, 5) is 2.88. The van der Waals surface area contributed by atoms with Gasteiger partial charge in [-0.05, 0) is 6.07 Å². The zero-order chi connectivity index (χ0) is 5.11. The van der Waals surface area contributed by atoms with Crippen LogP contribution in [0.2, 0.25) is 0 Å². The van der Waals surface area contributed by atoms with Crippen molar-refractivity contribution in [3.8, 4) is 0 Å². The molecule has 0 amide bonds. The summed E-state index contributed by atoms with van der Waals surface area (Å²) in [6.45, 7) is 0. The fourth-order valence-electron chi connectivity index (χ4n) is 0.410. The van der Waals surface area contributed by atoms with Crippen LogP contribution in [-0.4, -0.2) is 10.4 Å². The van der Waals surface area contributed by atoms with Crippen LogP contribution in [0.5, 0.6) is 0 Å². The number of aromatic nitrogens is 1. The molecule has 1 aromatic heterocycles. The number of hydrogen-bond donors (Lipinski definition) is 1. The van der Waals surface area contributed by atoms with E-state index in [4.69, 9.17) is 0 Å². The van der Waals surface area contributed by atoms with Crippen molar-refractivity contribution >= 4 is 17.6 Å². The fraction of sp³-hybridized carbons (Fsp3) is 0. The number of rotatable bonds is 1. The second kappa shape index (κ2) is 1.89. The van der Waals surface area contributed by atoms with E-state index < -0.39 is 0 Å². The van der Waals surface area contributed by atoms with Crippen molar-refractivity contribution in [1.29, 1.82) is 0 Å². The Labute approximate surface area is 47.4 Å². The summed E-state index contributed by atoms with van der Waals surface area (Å²) in [6, 6.07) is 1.92. The van der Waals surface area contributed by atoms with Gasteiger partial charge in [0.15, 0.2) is 0 Å². The minimum Gasteiger partial charge on any atom is -0.367 e. The Kier molecular flexibility index (Phi) is 1.22. The Morgan fingerprint density at radius 1 is 1.71 bits per heavy atom. The van der Waals surface area contributed by atoms with Gasteiger partial charge in [-0.15, -0.1) is 0 Å². The van der Waals surface area contributed by atoms with Gasteiger partial charge in [0.05, 0.1) is 0 Å². The summed E-state index contributed by atoms with van der Waals surface area (Å²) in [5.74, 6) is 0.